The molecule has 5 nitrogen and oxygen atoms in total. The fourth-order valence-corrected chi connectivity index (χ4v) is 2.57. The minimum atomic E-state index is -0.987. The summed E-state index contributed by atoms with van der Waals surface area (Å²) in [6.45, 7) is 4.30. The molecular formula is C16H24N2O3. The summed E-state index contributed by atoms with van der Waals surface area (Å²) in [6.07, 6.45) is 3.63. The number of piperidine rings is 1. The summed E-state index contributed by atoms with van der Waals surface area (Å²) >= 11 is 0. The van der Waals surface area contributed by atoms with Crippen LogP contribution < -0.4 is 10.1 Å². The molecule has 0 spiro atoms. The lowest BCUT2D eigenvalue weighted by Gasteiger charge is -2.26. The zero-order chi connectivity index (χ0) is 14.9. The van der Waals surface area contributed by atoms with Gasteiger partial charge in [-0.05, 0) is 50.0 Å². The molecule has 1 saturated heterocycles. The van der Waals surface area contributed by atoms with Crippen molar-refractivity contribution in [1.29, 1.82) is 0 Å². The van der Waals surface area contributed by atoms with Crippen LogP contribution in [-0.2, 0) is 6.54 Å². The van der Waals surface area contributed by atoms with Crippen LogP contribution in [0.5, 0.6) is 5.75 Å². The van der Waals surface area contributed by atoms with E-state index in [1.807, 2.05) is 12.1 Å². The average molecular weight is 292 g/mol. The van der Waals surface area contributed by atoms with Crippen molar-refractivity contribution in [2.75, 3.05) is 26.2 Å². The number of carboxylic acid groups (broad SMARTS) is 1. The first kappa shape index (κ1) is 15.6. The molecule has 0 atom stereocenters. The van der Waals surface area contributed by atoms with Crippen LogP contribution >= 0.6 is 0 Å². The Balaban J connectivity index is 1.73. The first-order valence-electron chi connectivity index (χ1n) is 7.65. The van der Waals surface area contributed by atoms with Crippen molar-refractivity contribution >= 4 is 6.09 Å². The van der Waals surface area contributed by atoms with Gasteiger partial charge in [0.05, 0.1) is 6.61 Å². The molecule has 1 aliphatic heterocycles. The third kappa shape index (κ3) is 6.04. The van der Waals surface area contributed by atoms with Crippen LogP contribution in [0.2, 0.25) is 0 Å². The van der Waals surface area contributed by atoms with E-state index in [2.05, 4.69) is 22.3 Å². The van der Waals surface area contributed by atoms with Gasteiger partial charge < -0.3 is 15.2 Å². The third-order valence-corrected chi connectivity index (χ3v) is 3.62. The number of carbonyl (C=O) groups is 1. The van der Waals surface area contributed by atoms with Gasteiger partial charge in [0.1, 0.15) is 5.75 Å². The van der Waals surface area contributed by atoms with Crippen LogP contribution in [0.15, 0.2) is 24.3 Å². The van der Waals surface area contributed by atoms with Gasteiger partial charge in [-0.25, -0.2) is 4.79 Å². The highest BCUT2D eigenvalue weighted by Crippen LogP contribution is 2.17. The van der Waals surface area contributed by atoms with Gasteiger partial charge in [-0.15, -0.1) is 0 Å². The zero-order valence-electron chi connectivity index (χ0n) is 12.4. The van der Waals surface area contributed by atoms with Crippen LogP contribution in [0, 0.1) is 0 Å². The van der Waals surface area contributed by atoms with Crippen molar-refractivity contribution in [2.45, 2.75) is 32.2 Å². The first-order chi connectivity index (χ1) is 10.2. The highest BCUT2D eigenvalue weighted by Gasteiger charge is 2.10. The van der Waals surface area contributed by atoms with Crippen molar-refractivity contribution in [3.63, 3.8) is 0 Å². The van der Waals surface area contributed by atoms with Gasteiger partial charge >= 0.3 is 6.09 Å². The summed E-state index contributed by atoms with van der Waals surface area (Å²) in [5, 5.41) is 10.8. The van der Waals surface area contributed by atoms with Crippen molar-refractivity contribution in [2.24, 2.45) is 0 Å². The van der Waals surface area contributed by atoms with Crippen molar-refractivity contribution in [3.8, 4) is 5.75 Å². The number of ether oxygens (including phenoxy) is 1. The van der Waals surface area contributed by atoms with E-state index in [1.165, 1.54) is 37.9 Å². The van der Waals surface area contributed by atoms with Crippen LogP contribution in [-0.4, -0.2) is 42.3 Å². The lowest BCUT2D eigenvalue weighted by Crippen LogP contribution is -2.29. The minimum absolute atomic E-state index is 0.419. The molecule has 1 aromatic carbocycles. The highest BCUT2D eigenvalue weighted by molar-refractivity contribution is 5.64. The Morgan fingerprint density at radius 1 is 1.29 bits per heavy atom. The second-order valence-electron chi connectivity index (χ2n) is 5.42. The number of likely N-dealkylation sites (tertiary alicyclic amines) is 1. The minimum Gasteiger partial charge on any atom is -0.494 e. The van der Waals surface area contributed by atoms with Gasteiger partial charge in [-0.3, -0.25) is 4.90 Å². The molecule has 5 heteroatoms. The molecule has 1 fully saturated rings. The first-order valence-corrected chi connectivity index (χ1v) is 7.65. The normalized spacial score (nSPS) is 15.6. The molecule has 1 aliphatic rings. The molecule has 0 unspecified atom stereocenters. The maximum Gasteiger partial charge on any atom is 0.404 e. The van der Waals surface area contributed by atoms with E-state index < -0.39 is 6.09 Å². The van der Waals surface area contributed by atoms with Crippen LogP contribution in [0.4, 0.5) is 4.79 Å². The molecular weight excluding hydrogens is 268 g/mol. The van der Waals surface area contributed by atoms with Crippen molar-refractivity contribution < 1.29 is 14.6 Å². The molecule has 2 N–H and O–H groups in total. The fraction of sp³-hybridized carbons (Fsp3) is 0.562. The molecule has 1 aromatic rings. The maximum atomic E-state index is 10.3. The molecule has 0 saturated carbocycles. The van der Waals surface area contributed by atoms with Crippen LogP contribution in [0.1, 0.15) is 31.2 Å². The largest absolute Gasteiger partial charge is 0.494 e. The maximum absolute atomic E-state index is 10.3. The molecule has 0 bridgehead atoms. The second-order valence-corrected chi connectivity index (χ2v) is 5.42. The summed E-state index contributed by atoms with van der Waals surface area (Å²) < 4.78 is 5.67. The van der Waals surface area contributed by atoms with Crippen LogP contribution in [0.3, 0.4) is 0 Å². The van der Waals surface area contributed by atoms with E-state index in [9.17, 15) is 4.79 Å². The number of rotatable bonds is 7. The van der Waals surface area contributed by atoms with Gasteiger partial charge in [0.15, 0.2) is 0 Å². The van der Waals surface area contributed by atoms with Crippen molar-refractivity contribution in [1.82, 2.24) is 10.2 Å². The lowest BCUT2D eigenvalue weighted by atomic mass is 10.1. The summed E-state index contributed by atoms with van der Waals surface area (Å²) in [4.78, 5) is 12.8. The Hall–Kier alpha value is -1.75. The van der Waals surface area contributed by atoms with E-state index in [-0.39, 0.29) is 0 Å². The van der Waals surface area contributed by atoms with Gasteiger partial charge in [0.25, 0.3) is 0 Å². The predicted molar refractivity (Wildman–Crippen MR) is 81.7 cm³/mol. The Morgan fingerprint density at radius 2 is 2.10 bits per heavy atom. The Morgan fingerprint density at radius 3 is 2.86 bits per heavy atom. The summed E-state index contributed by atoms with van der Waals surface area (Å²) in [5.41, 5.74) is 1.28. The smallest absolute Gasteiger partial charge is 0.404 e. The molecule has 0 aromatic heterocycles. The monoisotopic (exact) mass is 292 g/mol. The summed E-state index contributed by atoms with van der Waals surface area (Å²) in [6, 6.07) is 8.18. The number of nitrogens with zero attached hydrogens (tertiary/aromatic N) is 1. The van der Waals surface area contributed by atoms with Gasteiger partial charge in [0, 0.05) is 13.1 Å². The number of nitrogens with one attached hydrogen (secondary N) is 1. The lowest BCUT2D eigenvalue weighted by molar-refractivity contribution is 0.193. The van der Waals surface area contributed by atoms with E-state index in [4.69, 9.17) is 9.84 Å². The standard InChI is InChI=1S/C16H24N2O3/c19-16(20)17-8-5-11-21-15-7-4-6-14(12-15)13-18-9-2-1-3-10-18/h4,6-7,12,17H,1-3,5,8-11,13H2,(H,19,20). The zero-order valence-corrected chi connectivity index (χ0v) is 12.4. The number of amides is 1. The SMILES string of the molecule is O=C(O)NCCCOc1cccc(CN2CCCCC2)c1. The predicted octanol–water partition coefficient (Wildman–Crippen LogP) is 2.71. The molecule has 0 radical (unpaired) electrons. The fourth-order valence-electron chi connectivity index (χ4n) is 2.57. The molecule has 2 rings (SSSR count). The van der Waals surface area contributed by atoms with Crippen LogP contribution in [0.25, 0.3) is 0 Å². The number of hydrogen-bond acceptors (Lipinski definition) is 3. The Kier molecular flexibility index (Phi) is 6.34. The molecule has 1 heterocycles. The van der Waals surface area contributed by atoms with Gasteiger partial charge in [0.2, 0.25) is 0 Å². The van der Waals surface area contributed by atoms with Gasteiger partial charge in [-0.2, -0.15) is 0 Å². The Bertz CT molecular complexity index is 445. The van der Waals surface area contributed by atoms with Gasteiger partial charge in [-0.1, -0.05) is 18.6 Å². The molecule has 21 heavy (non-hydrogen) atoms. The van der Waals surface area contributed by atoms with E-state index >= 15 is 0 Å². The van der Waals surface area contributed by atoms with Crippen molar-refractivity contribution in [3.05, 3.63) is 29.8 Å². The Labute approximate surface area is 125 Å². The summed E-state index contributed by atoms with van der Waals surface area (Å²) in [7, 11) is 0. The highest BCUT2D eigenvalue weighted by atomic mass is 16.5. The van der Waals surface area contributed by atoms with E-state index in [1.54, 1.807) is 0 Å². The summed E-state index contributed by atoms with van der Waals surface area (Å²) in [5.74, 6) is 0.861. The molecule has 1 amide bonds. The average Bonchev–Trinajstić information content (AvgIpc) is 2.48. The topological polar surface area (TPSA) is 61.8 Å². The molecule has 116 valence electrons. The quantitative estimate of drug-likeness (QED) is 0.759. The molecule has 0 aliphatic carbocycles. The second kappa shape index (κ2) is 8.52. The third-order valence-electron chi connectivity index (χ3n) is 3.62. The van der Waals surface area contributed by atoms with E-state index in [0.29, 0.717) is 19.6 Å². The number of benzene rings is 1. The number of hydrogen-bond donors (Lipinski definition) is 2. The van der Waals surface area contributed by atoms with E-state index in [0.717, 1.165) is 12.3 Å².